The number of methoxy groups -OCH3 is 1. The molecule has 0 aromatic heterocycles. The first kappa shape index (κ1) is 28.1. The van der Waals surface area contributed by atoms with Crippen molar-refractivity contribution in [2.45, 2.75) is 71.1 Å². The van der Waals surface area contributed by atoms with E-state index in [-0.39, 0.29) is 24.4 Å². The summed E-state index contributed by atoms with van der Waals surface area (Å²) < 4.78 is 26.2. The second-order valence-corrected chi connectivity index (χ2v) is 10.4. The summed E-state index contributed by atoms with van der Waals surface area (Å²) in [6.07, 6.45) is 2.99. The van der Waals surface area contributed by atoms with Crippen molar-refractivity contribution in [1.82, 2.24) is 10.2 Å². The van der Waals surface area contributed by atoms with Gasteiger partial charge in [-0.1, -0.05) is 18.2 Å². The second kappa shape index (κ2) is 12.7. The van der Waals surface area contributed by atoms with Crippen LogP contribution >= 0.6 is 0 Å². The minimum atomic E-state index is -1.11. The number of piperidine rings is 1. The Morgan fingerprint density at radius 2 is 1.97 bits per heavy atom. The molecule has 7 heteroatoms. The fraction of sp³-hybridized carbons (Fsp3) is 0.552. The number of carbonyl (C=O) groups excluding carboxylic acids is 1. The van der Waals surface area contributed by atoms with Crippen LogP contribution in [0.4, 0.5) is 4.39 Å². The topological polar surface area (TPSA) is 71.0 Å². The lowest BCUT2D eigenvalue weighted by atomic mass is 9.93. The number of aliphatic hydroxyl groups is 1. The van der Waals surface area contributed by atoms with E-state index in [0.29, 0.717) is 42.1 Å². The summed E-state index contributed by atoms with van der Waals surface area (Å²) in [6, 6.07) is 10.4. The highest BCUT2D eigenvalue weighted by Crippen LogP contribution is 2.36. The lowest BCUT2D eigenvalue weighted by molar-refractivity contribution is -0.135. The molecule has 0 spiro atoms. The van der Waals surface area contributed by atoms with E-state index >= 15 is 0 Å². The van der Waals surface area contributed by atoms with Gasteiger partial charge in [-0.2, -0.15) is 0 Å². The van der Waals surface area contributed by atoms with Crippen LogP contribution < -0.4 is 10.1 Å². The van der Waals surface area contributed by atoms with Gasteiger partial charge in [0.2, 0.25) is 5.91 Å². The van der Waals surface area contributed by atoms with Crippen LogP contribution in [0.1, 0.15) is 58.1 Å². The number of amides is 1. The van der Waals surface area contributed by atoms with Crippen LogP contribution in [0.5, 0.6) is 5.75 Å². The van der Waals surface area contributed by atoms with Crippen molar-refractivity contribution in [2.75, 3.05) is 33.4 Å². The van der Waals surface area contributed by atoms with Gasteiger partial charge in [-0.3, -0.25) is 4.79 Å². The number of ether oxygens (including phenoxy) is 2. The van der Waals surface area contributed by atoms with E-state index in [4.69, 9.17) is 9.47 Å². The van der Waals surface area contributed by atoms with Crippen molar-refractivity contribution in [3.63, 3.8) is 0 Å². The van der Waals surface area contributed by atoms with Crippen LogP contribution in [0.3, 0.4) is 0 Å². The maximum atomic E-state index is 15.0. The number of nitrogens with one attached hydrogen (secondary N) is 1. The fourth-order valence-corrected chi connectivity index (χ4v) is 4.77. The number of hydrogen-bond acceptors (Lipinski definition) is 5. The molecule has 0 radical (unpaired) electrons. The third kappa shape index (κ3) is 7.28. The van der Waals surface area contributed by atoms with E-state index in [2.05, 4.69) is 19.2 Å². The number of carbonyl (C=O) groups is 1. The lowest BCUT2D eigenvalue weighted by Crippen LogP contribution is -2.52. The molecule has 0 bridgehead atoms. The summed E-state index contributed by atoms with van der Waals surface area (Å²) in [6.45, 7) is 10.2. The predicted molar refractivity (Wildman–Crippen MR) is 141 cm³/mol. The largest absolute Gasteiger partial charge is 0.493 e. The third-order valence-corrected chi connectivity index (χ3v) is 6.62. The van der Waals surface area contributed by atoms with Gasteiger partial charge in [-0.15, -0.1) is 0 Å². The SMILES string of the molecule is COCCCOc1cc(CC(=O)N(C(C)C)[C@@H]2CCCNC2)ccc1-c1cc(C(C)(C)O)ccc1F. The normalized spacial score (nSPS) is 16.3. The quantitative estimate of drug-likeness (QED) is 0.439. The van der Waals surface area contributed by atoms with Crippen LogP contribution in [0.2, 0.25) is 0 Å². The fourth-order valence-electron chi connectivity index (χ4n) is 4.77. The van der Waals surface area contributed by atoms with Gasteiger partial charge in [-0.05, 0) is 76.4 Å². The molecule has 2 aromatic carbocycles. The second-order valence-electron chi connectivity index (χ2n) is 10.4. The van der Waals surface area contributed by atoms with Crippen LogP contribution in [-0.2, 0) is 21.6 Å². The van der Waals surface area contributed by atoms with E-state index in [1.165, 1.54) is 6.07 Å². The van der Waals surface area contributed by atoms with Gasteiger partial charge in [0.15, 0.2) is 0 Å². The Kier molecular flexibility index (Phi) is 9.88. The van der Waals surface area contributed by atoms with E-state index in [1.807, 2.05) is 23.1 Å². The van der Waals surface area contributed by atoms with Gasteiger partial charge in [0.1, 0.15) is 11.6 Å². The first-order chi connectivity index (χ1) is 17.1. The molecule has 36 heavy (non-hydrogen) atoms. The molecule has 2 N–H and O–H groups in total. The highest BCUT2D eigenvalue weighted by Gasteiger charge is 2.28. The number of halogens is 1. The van der Waals surface area contributed by atoms with Gasteiger partial charge < -0.3 is 24.8 Å². The number of benzene rings is 2. The maximum absolute atomic E-state index is 15.0. The van der Waals surface area contributed by atoms with Crippen molar-refractivity contribution in [1.29, 1.82) is 0 Å². The molecule has 1 heterocycles. The summed E-state index contributed by atoms with van der Waals surface area (Å²) >= 11 is 0. The molecule has 0 saturated carbocycles. The molecule has 0 aliphatic carbocycles. The molecule has 1 aliphatic rings. The van der Waals surface area contributed by atoms with Crippen molar-refractivity contribution < 1.29 is 23.8 Å². The minimum Gasteiger partial charge on any atom is -0.493 e. The van der Waals surface area contributed by atoms with Crippen molar-refractivity contribution in [3.8, 4) is 16.9 Å². The Morgan fingerprint density at radius 1 is 1.19 bits per heavy atom. The van der Waals surface area contributed by atoms with Crippen LogP contribution in [0.25, 0.3) is 11.1 Å². The van der Waals surface area contributed by atoms with E-state index in [1.54, 1.807) is 33.1 Å². The Morgan fingerprint density at radius 3 is 2.61 bits per heavy atom. The Bertz CT molecular complexity index is 1010. The zero-order valence-corrected chi connectivity index (χ0v) is 22.3. The molecule has 1 aliphatic heterocycles. The molecule has 1 atom stereocenters. The molecule has 1 saturated heterocycles. The number of rotatable bonds is 11. The van der Waals surface area contributed by atoms with Gasteiger partial charge >= 0.3 is 0 Å². The molecule has 198 valence electrons. The molecule has 2 aromatic rings. The van der Waals surface area contributed by atoms with Gasteiger partial charge in [0, 0.05) is 49.9 Å². The molecule has 3 rings (SSSR count). The Labute approximate surface area is 214 Å². The summed E-state index contributed by atoms with van der Waals surface area (Å²) in [5.41, 5.74) is 1.26. The maximum Gasteiger partial charge on any atom is 0.227 e. The van der Waals surface area contributed by atoms with Gasteiger partial charge in [0.05, 0.1) is 18.6 Å². The Balaban J connectivity index is 1.92. The van der Waals surface area contributed by atoms with E-state index < -0.39 is 11.4 Å². The average molecular weight is 501 g/mol. The van der Waals surface area contributed by atoms with Crippen LogP contribution in [0.15, 0.2) is 36.4 Å². The third-order valence-electron chi connectivity index (χ3n) is 6.62. The summed E-state index contributed by atoms with van der Waals surface area (Å²) in [5, 5.41) is 13.9. The van der Waals surface area contributed by atoms with Crippen molar-refractivity contribution >= 4 is 5.91 Å². The predicted octanol–water partition coefficient (Wildman–Crippen LogP) is 4.67. The molecule has 6 nitrogen and oxygen atoms in total. The monoisotopic (exact) mass is 500 g/mol. The van der Waals surface area contributed by atoms with E-state index in [0.717, 1.165) is 31.5 Å². The first-order valence-corrected chi connectivity index (χ1v) is 12.9. The van der Waals surface area contributed by atoms with Gasteiger partial charge in [0.25, 0.3) is 0 Å². The highest BCUT2D eigenvalue weighted by atomic mass is 19.1. The molecule has 0 unspecified atom stereocenters. The molecular formula is C29H41FN2O4. The molecule has 1 amide bonds. The van der Waals surface area contributed by atoms with Crippen LogP contribution in [-0.4, -0.2) is 61.4 Å². The minimum absolute atomic E-state index is 0.0759. The first-order valence-electron chi connectivity index (χ1n) is 12.9. The number of hydrogen-bond donors (Lipinski definition) is 2. The molecule has 1 fully saturated rings. The zero-order chi connectivity index (χ0) is 26.3. The Hall–Kier alpha value is -2.48. The smallest absolute Gasteiger partial charge is 0.227 e. The summed E-state index contributed by atoms with van der Waals surface area (Å²) in [4.78, 5) is 15.4. The van der Waals surface area contributed by atoms with Crippen molar-refractivity contribution in [2.24, 2.45) is 0 Å². The van der Waals surface area contributed by atoms with Gasteiger partial charge in [-0.25, -0.2) is 4.39 Å². The summed E-state index contributed by atoms with van der Waals surface area (Å²) in [5.74, 6) is 0.190. The van der Waals surface area contributed by atoms with E-state index in [9.17, 15) is 14.3 Å². The standard InChI is InChI=1S/C29H41FN2O4/c1-20(2)32(23-8-6-13-31-19-23)28(33)17-21-9-11-24(27(16-21)36-15-7-14-35-5)25-18-22(29(3,4)34)10-12-26(25)30/h9-12,16,18,20,23,31,34H,6-8,13-15,17,19H2,1-5H3/t23-/m1/s1. The lowest BCUT2D eigenvalue weighted by Gasteiger charge is -2.37. The molecular weight excluding hydrogens is 459 g/mol. The van der Waals surface area contributed by atoms with Crippen LogP contribution in [0, 0.1) is 5.82 Å². The number of nitrogens with zero attached hydrogens (tertiary/aromatic N) is 1. The summed E-state index contributed by atoms with van der Waals surface area (Å²) in [7, 11) is 1.64. The van der Waals surface area contributed by atoms with Crippen molar-refractivity contribution in [3.05, 3.63) is 53.3 Å². The average Bonchev–Trinajstić information content (AvgIpc) is 2.82. The highest BCUT2D eigenvalue weighted by molar-refractivity contribution is 5.80. The zero-order valence-electron chi connectivity index (χ0n) is 22.3.